The third-order valence-electron chi connectivity index (χ3n) is 5.17. The van der Waals surface area contributed by atoms with Crippen molar-refractivity contribution < 1.29 is 14.9 Å². The van der Waals surface area contributed by atoms with Crippen LogP contribution in [-0.2, 0) is 6.54 Å². The van der Waals surface area contributed by atoms with Crippen molar-refractivity contribution in [2.24, 2.45) is 5.73 Å². The molecule has 11 nitrogen and oxygen atoms in total. The van der Waals surface area contributed by atoms with E-state index in [0.717, 1.165) is 25.7 Å². The van der Waals surface area contributed by atoms with Crippen LogP contribution in [0.4, 0.5) is 11.8 Å². The lowest BCUT2D eigenvalue weighted by Gasteiger charge is -2.29. The van der Waals surface area contributed by atoms with Gasteiger partial charge in [0, 0.05) is 30.8 Å². The molecule has 2 aromatic heterocycles. The fraction of sp³-hybridized carbons (Fsp3) is 0.444. The Morgan fingerprint density at radius 1 is 1.21 bits per heavy atom. The maximum absolute atomic E-state index is 10.2. The molecule has 154 valence electrons. The summed E-state index contributed by atoms with van der Waals surface area (Å²) >= 11 is 0. The predicted molar refractivity (Wildman–Crippen MR) is 107 cm³/mol. The van der Waals surface area contributed by atoms with Crippen molar-refractivity contribution in [3.05, 3.63) is 17.7 Å². The minimum absolute atomic E-state index is 0.0486. The summed E-state index contributed by atoms with van der Waals surface area (Å²) in [4.78, 5) is 8.93. The molecule has 0 aliphatic heterocycles. The second kappa shape index (κ2) is 7.95. The molecule has 2 heterocycles. The summed E-state index contributed by atoms with van der Waals surface area (Å²) in [7, 11) is 1.46. The van der Waals surface area contributed by atoms with Gasteiger partial charge < -0.3 is 31.3 Å². The predicted octanol–water partition coefficient (Wildman–Crippen LogP) is 1.46. The first-order chi connectivity index (χ1) is 14.0. The number of aromatic amines is 1. The number of nitrogens with one attached hydrogen (secondary N) is 3. The molecule has 1 aliphatic rings. The lowest BCUT2D eigenvalue weighted by molar-refractivity contribution is 0.394. The SMILES string of the molecule is COc1cc(O)c(CNc2nc(NC3CCCCC3N)nc3[nH]nnc23)c(O)c1. The van der Waals surface area contributed by atoms with Crippen LogP contribution in [0.25, 0.3) is 11.2 Å². The molecular weight excluding hydrogens is 376 g/mol. The number of hydrogen-bond donors (Lipinski definition) is 6. The van der Waals surface area contributed by atoms with Gasteiger partial charge in [-0.2, -0.15) is 9.97 Å². The molecule has 0 amide bonds. The molecule has 0 radical (unpaired) electrons. The van der Waals surface area contributed by atoms with E-state index in [9.17, 15) is 10.2 Å². The van der Waals surface area contributed by atoms with Gasteiger partial charge in [-0.05, 0) is 12.8 Å². The molecular formula is C18H24N8O3. The third kappa shape index (κ3) is 3.94. The van der Waals surface area contributed by atoms with Gasteiger partial charge in [0.2, 0.25) is 5.95 Å². The molecule has 7 N–H and O–H groups in total. The highest BCUT2D eigenvalue weighted by Gasteiger charge is 2.23. The van der Waals surface area contributed by atoms with E-state index in [1.54, 1.807) is 0 Å². The second-order valence-corrected chi connectivity index (χ2v) is 7.10. The van der Waals surface area contributed by atoms with Crippen molar-refractivity contribution in [3.63, 3.8) is 0 Å². The number of hydrogen-bond acceptors (Lipinski definition) is 10. The summed E-state index contributed by atoms with van der Waals surface area (Å²) in [6, 6.07) is 3.01. The molecule has 11 heteroatoms. The van der Waals surface area contributed by atoms with Gasteiger partial charge in [-0.15, -0.1) is 5.10 Å². The molecule has 0 bridgehead atoms. The van der Waals surface area contributed by atoms with Gasteiger partial charge in [0.05, 0.1) is 12.7 Å². The van der Waals surface area contributed by atoms with E-state index < -0.39 is 0 Å². The summed E-state index contributed by atoms with van der Waals surface area (Å²) in [6.45, 7) is 0.114. The fourth-order valence-corrected chi connectivity index (χ4v) is 3.53. The number of fused-ring (bicyclic) bond motifs is 1. The maximum Gasteiger partial charge on any atom is 0.227 e. The van der Waals surface area contributed by atoms with Crippen LogP contribution in [0, 0.1) is 0 Å². The Hall–Kier alpha value is -3.34. The zero-order chi connectivity index (χ0) is 20.4. The zero-order valence-corrected chi connectivity index (χ0v) is 16.0. The molecule has 3 aromatic rings. The number of H-pyrrole nitrogens is 1. The van der Waals surface area contributed by atoms with Crippen LogP contribution in [0.5, 0.6) is 17.2 Å². The maximum atomic E-state index is 10.2. The van der Waals surface area contributed by atoms with E-state index in [1.165, 1.54) is 19.2 Å². The Morgan fingerprint density at radius 2 is 1.97 bits per heavy atom. The van der Waals surface area contributed by atoms with Crippen LogP contribution in [0.15, 0.2) is 12.1 Å². The number of nitrogens with zero attached hydrogens (tertiary/aromatic N) is 4. The number of ether oxygens (including phenoxy) is 1. The van der Waals surface area contributed by atoms with Gasteiger partial charge in [0.15, 0.2) is 17.0 Å². The quantitative estimate of drug-likeness (QED) is 0.356. The smallest absolute Gasteiger partial charge is 0.227 e. The normalized spacial score (nSPS) is 19.2. The van der Waals surface area contributed by atoms with E-state index in [0.29, 0.717) is 34.2 Å². The molecule has 0 spiro atoms. The number of methoxy groups -OCH3 is 1. The summed E-state index contributed by atoms with van der Waals surface area (Å²) in [5, 5.41) is 37.3. The number of benzene rings is 1. The highest BCUT2D eigenvalue weighted by atomic mass is 16.5. The topological polar surface area (TPSA) is 167 Å². The Balaban J connectivity index is 1.58. The van der Waals surface area contributed by atoms with Crippen molar-refractivity contribution in [1.82, 2.24) is 25.4 Å². The van der Waals surface area contributed by atoms with Crippen LogP contribution in [-0.4, -0.2) is 54.8 Å². The average molecular weight is 400 g/mol. The molecule has 29 heavy (non-hydrogen) atoms. The number of rotatable bonds is 6. The lowest BCUT2D eigenvalue weighted by atomic mass is 9.91. The van der Waals surface area contributed by atoms with Crippen molar-refractivity contribution in [1.29, 1.82) is 0 Å². The van der Waals surface area contributed by atoms with Crippen molar-refractivity contribution in [2.75, 3.05) is 17.7 Å². The summed E-state index contributed by atoms with van der Waals surface area (Å²) in [5.74, 6) is 1.01. The van der Waals surface area contributed by atoms with Crippen LogP contribution < -0.4 is 21.1 Å². The number of aromatic nitrogens is 5. The first-order valence-electron chi connectivity index (χ1n) is 9.48. The number of phenols is 2. The van der Waals surface area contributed by atoms with Crippen LogP contribution in [0.1, 0.15) is 31.2 Å². The molecule has 1 fully saturated rings. The lowest BCUT2D eigenvalue weighted by Crippen LogP contribution is -2.43. The zero-order valence-electron chi connectivity index (χ0n) is 16.0. The van der Waals surface area contributed by atoms with Crippen LogP contribution in [0.2, 0.25) is 0 Å². The van der Waals surface area contributed by atoms with Crippen LogP contribution in [0.3, 0.4) is 0 Å². The average Bonchev–Trinajstić information content (AvgIpc) is 3.17. The molecule has 0 saturated heterocycles. The molecule has 1 aliphatic carbocycles. The summed E-state index contributed by atoms with van der Waals surface area (Å²) in [5.41, 5.74) is 7.45. The van der Waals surface area contributed by atoms with E-state index in [4.69, 9.17) is 10.5 Å². The van der Waals surface area contributed by atoms with Crippen molar-refractivity contribution in [2.45, 2.75) is 44.3 Å². The fourth-order valence-electron chi connectivity index (χ4n) is 3.53. The number of aromatic hydroxyl groups is 2. The van der Waals surface area contributed by atoms with E-state index in [1.807, 2.05) is 0 Å². The molecule has 1 saturated carbocycles. The number of anilines is 2. The minimum atomic E-state index is -0.0914. The van der Waals surface area contributed by atoms with E-state index in [2.05, 4.69) is 36.0 Å². The van der Waals surface area contributed by atoms with Gasteiger partial charge in [-0.25, -0.2) is 5.10 Å². The largest absolute Gasteiger partial charge is 0.507 e. The van der Waals surface area contributed by atoms with Gasteiger partial charge in [0.25, 0.3) is 0 Å². The first kappa shape index (κ1) is 19.0. The number of phenolic OH excluding ortho intramolecular Hbond substituents is 2. The molecule has 1 aromatic carbocycles. The first-order valence-corrected chi connectivity index (χ1v) is 9.48. The Labute approximate surface area is 166 Å². The van der Waals surface area contributed by atoms with Crippen LogP contribution >= 0.6 is 0 Å². The van der Waals surface area contributed by atoms with Crippen molar-refractivity contribution >= 4 is 22.9 Å². The van der Waals surface area contributed by atoms with E-state index >= 15 is 0 Å². The Bertz CT molecular complexity index is 985. The summed E-state index contributed by atoms with van der Waals surface area (Å²) < 4.78 is 5.04. The summed E-state index contributed by atoms with van der Waals surface area (Å²) in [6.07, 6.45) is 4.17. The monoisotopic (exact) mass is 400 g/mol. The molecule has 2 atom stereocenters. The third-order valence-corrected chi connectivity index (χ3v) is 5.17. The highest BCUT2D eigenvalue weighted by molar-refractivity contribution is 5.83. The van der Waals surface area contributed by atoms with Crippen molar-refractivity contribution in [3.8, 4) is 17.2 Å². The standard InChI is InChI=1S/C18H24N8O3/c1-29-9-6-13(27)10(14(28)7-9)8-20-16-15-17(25-26-24-15)23-18(22-16)21-12-5-3-2-4-11(12)19/h6-7,11-12,27-28H,2-5,8,19H2,1H3,(H3,20,21,22,23,24,25,26). The number of nitrogens with two attached hydrogens (primary N) is 1. The molecule has 2 unspecified atom stereocenters. The Kier molecular flexibility index (Phi) is 5.21. The van der Waals surface area contributed by atoms with E-state index in [-0.39, 0.29) is 30.1 Å². The molecule has 4 rings (SSSR count). The minimum Gasteiger partial charge on any atom is -0.507 e. The Morgan fingerprint density at radius 3 is 2.69 bits per heavy atom. The van der Waals surface area contributed by atoms with Gasteiger partial charge in [0.1, 0.15) is 17.2 Å². The second-order valence-electron chi connectivity index (χ2n) is 7.10. The van der Waals surface area contributed by atoms with Gasteiger partial charge >= 0.3 is 0 Å². The van der Waals surface area contributed by atoms with Gasteiger partial charge in [-0.3, -0.25) is 0 Å². The van der Waals surface area contributed by atoms with Gasteiger partial charge in [-0.1, -0.05) is 18.1 Å². The highest BCUT2D eigenvalue weighted by Crippen LogP contribution is 2.33.